The summed E-state index contributed by atoms with van der Waals surface area (Å²) in [5.74, 6) is 0.301. The maximum atomic E-state index is 13.2. The predicted octanol–water partition coefficient (Wildman–Crippen LogP) is 2.79. The first kappa shape index (κ1) is 13.6. The first-order chi connectivity index (χ1) is 9.11. The van der Waals surface area contributed by atoms with Crippen molar-refractivity contribution in [3.63, 3.8) is 0 Å². The number of hydrogen-bond acceptors (Lipinski definition) is 3. The van der Waals surface area contributed by atoms with Crippen molar-refractivity contribution in [3.8, 4) is 11.4 Å². The fourth-order valence-electron chi connectivity index (χ4n) is 2.14. The van der Waals surface area contributed by atoms with Gasteiger partial charge in [-0.15, -0.1) is 0 Å². The number of nitrogens with zero attached hydrogens (tertiary/aromatic N) is 2. The topological polar surface area (TPSA) is 51.8 Å². The van der Waals surface area contributed by atoms with Gasteiger partial charge in [-0.2, -0.15) is 0 Å². The molecule has 0 unspecified atom stereocenters. The lowest BCUT2D eigenvalue weighted by Gasteiger charge is -2.10. The van der Waals surface area contributed by atoms with Gasteiger partial charge >= 0.3 is 0 Å². The summed E-state index contributed by atoms with van der Waals surface area (Å²) in [7, 11) is 0. The van der Waals surface area contributed by atoms with E-state index in [1.807, 2.05) is 19.9 Å². The molecule has 0 bridgehead atoms. The molecule has 0 aliphatic heterocycles. The third-order valence-electron chi connectivity index (χ3n) is 3.13. The minimum absolute atomic E-state index is 0.274. The van der Waals surface area contributed by atoms with Gasteiger partial charge in [0, 0.05) is 17.0 Å². The maximum absolute atomic E-state index is 13.2. The van der Waals surface area contributed by atoms with Gasteiger partial charge in [0.15, 0.2) is 5.82 Å². The summed E-state index contributed by atoms with van der Waals surface area (Å²) in [6.07, 6.45) is 1.81. The van der Waals surface area contributed by atoms with Crippen LogP contribution in [0.3, 0.4) is 0 Å². The molecule has 0 fully saturated rings. The average molecular weight is 259 g/mol. The second-order valence-corrected chi connectivity index (χ2v) is 4.60. The molecule has 0 radical (unpaired) electrons. The van der Waals surface area contributed by atoms with E-state index in [4.69, 9.17) is 5.73 Å². The highest BCUT2D eigenvalue weighted by Gasteiger charge is 2.10. The van der Waals surface area contributed by atoms with Crippen LogP contribution in [-0.4, -0.2) is 16.5 Å². The monoisotopic (exact) mass is 259 g/mol. The number of hydrogen-bond donors (Lipinski definition) is 1. The molecular formula is C15H18FN3. The first-order valence-corrected chi connectivity index (χ1v) is 6.42. The Morgan fingerprint density at radius 2 is 1.84 bits per heavy atom. The van der Waals surface area contributed by atoms with Crippen LogP contribution in [0.25, 0.3) is 11.4 Å². The van der Waals surface area contributed by atoms with Crippen molar-refractivity contribution in [3.05, 3.63) is 47.0 Å². The van der Waals surface area contributed by atoms with Gasteiger partial charge in [-0.05, 0) is 50.9 Å². The number of rotatable bonds is 4. The summed E-state index contributed by atoms with van der Waals surface area (Å²) in [5.41, 5.74) is 9.27. The van der Waals surface area contributed by atoms with Gasteiger partial charge in [0.05, 0.1) is 0 Å². The Bertz CT molecular complexity index is 558. The molecular weight excluding hydrogens is 241 g/mol. The highest BCUT2D eigenvalue weighted by molar-refractivity contribution is 5.55. The van der Waals surface area contributed by atoms with E-state index < -0.39 is 0 Å². The zero-order chi connectivity index (χ0) is 13.8. The summed E-state index contributed by atoms with van der Waals surface area (Å²) in [4.78, 5) is 8.96. The van der Waals surface area contributed by atoms with E-state index in [0.717, 1.165) is 29.8 Å². The van der Waals surface area contributed by atoms with Crippen LogP contribution < -0.4 is 5.73 Å². The molecule has 1 heterocycles. The minimum Gasteiger partial charge on any atom is -0.330 e. The molecule has 100 valence electrons. The van der Waals surface area contributed by atoms with E-state index in [1.54, 1.807) is 6.07 Å². The van der Waals surface area contributed by atoms with Crippen LogP contribution in [0.5, 0.6) is 0 Å². The molecule has 1 aromatic heterocycles. The molecule has 2 aromatic rings. The van der Waals surface area contributed by atoms with Crippen molar-refractivity contribution < 1.29 is 4.39 Å². The quantitative estimate of drug-likeness (QED) is 0.918. The smallest absolute Gasteiger partial charge is 0.159 e. The standard InChI is InChI=1S/C15H18FN3/c1-10-14(7-4-8-17)11(2)19-15(18-10)12-5-3-6-13(16)9-12/h3,5-6,9H,4,7-8,17H2,1-2H3. The van der Waals surface area contributed by atoms with Crippen LogP contribution in [0.4, 0.5) is 4.39 Å². The van der Waals surface area contributed by atoms with Gasteiger partial charge in [0.1, 0.15) is 5.82 Å². The summed E-state index contributed by atoms with van der Waals surface area (Å²) < 4.78 is 13.2. The van der Waals surface area contributed by atoms with E-state index in [2.05, 4.69) is 9.97 Å². The number of aromatic nitrogens is 2. The van der Waals surface area contributed by atoms with E-state index in [0.29, 0.717) is 17.9 Å². The third-order valence-corrected chi connectivity index (χ3v) is 3.13. The first-order valence-electron chi connectivity index (χ1n) is 6.42. The van der Waals surface area contributed by atoms with E-state index in [9.17, 15) is 4.39 Å². The number of nitrogens with two attached hydrogens (primary N) is 1. The Hall–Kier alpha value is -1.81. The molecule has 0 saturated heterocycles. The molecule has 2 N–H and O–H groups in total. The molecule has 0 saturated carbocycles. The fraction of sp³-hybridized carbons (Fsp3) is 0.333. The molecule has 2 rings (SSSR count). The molecule has 3 nitrogen and oxygen atoms in total. The predicted molar refractivity (Wildman–Crippen MR) is 74.3 cm³/mol. The lowest BCUT2D eigenvalue weighted by atomic mass is 10.1. The van der Waals surface area contributed by atoms with Crippen molar-refractivity contribution in [2.45, 2.75) is 26.7 Å². The van der Waals surface area contributed by atoms with Crippen molar-refractivity contribution in [2.75, 3.05) is 6.54 Å². The van der Waals surface area contributed by atoms with Crippen LogP contribution >= 0.6 is 0 Å². The molecule has 0 aliphatic rings. The molecule has 1 aromatic carbocycles. The Labute approximate surface area is 112 Å². The van der Waals surface area contributed by atoms with Crippen molar-refractivity contribution >= 4 is 0 Å². The molecule has 0 aliphatic carbocycles. The Balaban J connectivity index is 2.39. The zero-order valence-electron chi connectivity index (χ0n) is 11.3. The summed E-state index contributed by atoms with van der Waals surface area (Å²) in [6, 6.07) is 6.35. The van der Waals surface area contributed by atoms with Crippen LogP contribution in [0, 0.1) is 19.7 Å². The van der Waals surface area contributed by atoms with Crippen molar-refractivity contribution in [2.24, 2.45) is 5.73 Å². The lowest BCUT2D eigenvalue weighted by molar-refractivity contribution is 0.628. The van der Waals surface area contributed by atoms with Gasteiger partial charge in [0.2, 0.25) is 0 Å². The average Bonchev–Trinajstić information content (AvgIpc) is 2.37. The van der Waals surface area contributed by atoms with Gasteiger partial charge in [-0.25, -0.2) is 14.4 Å². The Kier molecular flexibility index (Phi) is 4.22. The van der Waals surface area contributed by atoms with Gasteiger partial charge in [0.25, 0.3) is 0 Å². The van der Waals surface area contributed by atoms with Gasteiger partial charge in [-0.1, -0.05) is 12.1 Å². The summed E-state index contributed by atoms with van der Waals surface area (Å²) >= 11 is 0. The second-order valence-electron chi connectivity index (χ2n) is 4.60. The highest BCUT2D eigenvalue weighted by atomic mass is 19.1. The molecule has 0 spiro atoms. The van der Waals surface area contributed by atoms with Crippen LogP contribution in [0.1, 0.15) is 23.4 Å². The number of benzene rings is 1. The van der Waals surface area contributed by atoms with Crippen LogP contribution in [0.15, 0.2) is 24.3 Å². The lowest BCUT2D eigenvalue weighted by Crippen LogP contribution is -2.06. The SMILES string of the molecule is Cc1nc(-c2cccc(F)c2)nc(C)c1CCCN. The molecule has 0 amide bonds. The fourth-order valence-corrected chi connectivity index (χ4v) is 2.14. The largest absolute Gasteiger partial charge is 0.330 e. The Morgan fingerprint density at radius 1 is 1.16 bits per heavy atom. The summed E-state index contributed by atoms with van der Waals surface area (Å²) in [5, 5.41) is 0. The van der Waals surface area contributed by atoms with Crippen molar-refractivity contribution in [1.82, 2.24) is 9.97 Å². The van der Waals surface area contributed by atoms with E-state index in [-0.39, 0.29) is 5.82 Å². The van der Waals surface area contributed by atoms with Crippen molar-refractivity contribution in [1.29, 1.82) is 0 Å². The van der Waals surface area contributed by atoms with Gasteiger partial charge in [-0.3, -0.25) is 0 Å². The zero-order valence-corrected chi connectivity index (χ0v) is 11.3. The number of aryl methyl sites for hydroxylation is 2. The number of halogens is 1. The summed E-state index contributed by atoms with van der Waals surface area (Å²) in [6.45, 7) is 4.58. The minimum atomic E-state index is -0.274. The third kappa shape index (κ3) is 3.15. The van der Waals surface area contributed by atoms with Gasteiger partial charge < -0.3 is 5.73 Å². The molecule has 19 heavy (non-hydrogen) atoms. The van der Waals surface area contributed by atoms with Crippen LogP contribution in [-0.2, 0) is 6.42 Å². The maximum Gasteiger partial charge on any atom is 0.159 e. The normalized spacial score (nSPS) is 10.7. The van der Waals surface area contributed by atoms with E-state index >= 15 is 0 Å². The highest BCUT2D eigenvalue weighted by Crippen LogP contribution is 2.20. The van der Waals surface area contributed by atoms with Crippen LogP contribution in [0.2, 0.25) is 0 Å². The second kappa shape index (κ2) is 5.89. The molecule has 0 atom stereocenters. The Morgan fingerprint density at radius 3 is 2.42 bits per heavy atom. The molecule has 4 heteroatoms. The van der Waals surface area contributed by atoms with E-state index in [1.165, 1.54) is 12.1 Å².